The van der Waals surface area contributed by atoms with E-state index in [4.69, 9.17) is 4.52 Å². The monoisotopic (exact) mass is 285 g/mol. The van der Waals surface area contributed by atoms with Crippen LogP contribution in [0.5, 0.6) is 0 Å². The Morgan fingerprint density at radius 2 is 1.95 bits per heavy atom. The van der Waals surface area contributed by atoms with Crippen LogP contribution in [0.15, 0.2) is 51.7 Å². The van der Waals surface area contributed by atoms with Crippen molar-refractivity contribution in [2.75, 3.05) is 14.1 Å². The zero-order chi connectivity index (χ0) is 13.9. The molecule has 0 aliphatic rings. The Morgan fingerprint density at radius 1 is 1.15 bits per heavy atom. The Kier molecular flexibility index (Phi) is 3.62. The summed E-state index contributed by atoms with van der Waals surface area (Å²) >= 11 is 1.62. The van der Waals surface area contributed by atoms with Gasteiger partial charge in [-0.1, -0.05) is 35.5 Å². The van der Waals surface area contributed by atoms with Crippen LogP contribution in [-0.4, -0.2) is 29.1 Å². The fraction of sp³-hybridized carbons (Fsp3) is 0.200. The van der Waals surface area contributed by atoms with E-state index >= 15 is 0 Å². The van der Waals surface area contributed by atoms with E-state index in [0.29, 0.717) is 11.7 Å². The van der Waals surface area contributed by atoms with Crippen molar-refractivity contribution >= 4 is 11.3 Å². The van der Waals surface area contributed by atoms with E-state index in [9.17, 15) is 0 Å². The van der Waals surface area contributed by atoms with Gasteiger partial charge in [0.2, 0.25) is 11.7 Å². The van der Waals surface area contributed by atoms with Crippen molar-refractivity contribution in [3.8, 4) is 11.4 Å². The number of thiophene rings is 1. The lowest BCUT2D eigenvalue weighted by Gasteiger charge is -2.20. The molecule has 3 rings (SSSR count). The van der Waals surface area contributed by atoms with Gasteiger partial charge < -0.3 is 4.52 Å². The lowest BCUT2D eigenvalue weighted by Crippen LogP contribution is -2.21. The van der Waals surface area contributed by atoms with Gasteiger partial charge >= 0.3 is 0 Å². The normalized spacial score (nSPS) is 12.8. The van der Waals surface area contributed by atoms with Crippen LogP contribution in [0.3, 0.4) is 0 Å². The summed E-state index contributed by atoms with van der Waals surface area (Å²) < 4.78 is 5.47. The quantitative estimate of drug-likeness (QED) is 0.736. The molecular weight excluding hydrogens is 270 g/mol. The molecule has 2 heterocycles. The van der Waals surface area contributed by atoms with Crippen LogP contribution in [0.1, 0.15) is 17.5 Å². The smallest absolute Gasteiger partial charge is 0.248 e. The summed E-state index contributed by atoms with van der Waals surface area (Å²) in [6.45, 7) is 0. The summed E-state index contributed by atoms with van der Waals surface area (Å²) in [5, 5.41) is 8.10. The maximum absolute atomic E-state index is 5.47. The predicted octanol–water partition coefficient (Wildman–Crippen LogP) is 3.45. The van der Waals surface area contributed by atoms with Gasteiger partial charge in [0, 0.05) is 10.9 Å². The van der Waals surface area contributed by atoms with Crippen molar-refractivity contribution in [1.29, 1.82) is 0 Å². The number of rotatable bonds is 4. The highest BCUT2D eigenvalue weighted by Gasteiger charge is 2.23. The first-order valence-electron chi connectivity index (χ1n) is 6.33. The van der Waals surface area contributed by atoms with Crippen LogP contribution < -0.4 is 0 Å². The molecule has 1 unspecified atom stereocenters. The van der Waals surface area contributed by atoms with Gasteiger partial charge in [0.25, 0.3) is 0 Å². The first-order chi connectivity index (χ1) is 9.75. The molecular formula is C15H15N3OS. The summed E-state index contributed by atoms with van der Waals surface area (Å²) in [6.07, 6.45) is 0. The summed E-state index contributed by atoms with van der Waals surface area (Å²) in [7, 11) is 4.01. The molecule has 4 nitrogen and oxygen atoms in total. The molecule has 0 saturated heterocycles. The molecule has 0 amide bonds. The largest absolute Gasteiger partial charge is 0.337 e. The van der Waals surface area contributed by atoms with E-state index in [1.807, 2.05) is 49.1 Å². The molecule has 0 saturated carbocycles. The van der Waals surface area contributed by atoms with Gasteiger partial charge in [-0.15, -0.1) is 0 Å². The maximum Gasteiger partial charge on any atom is 0.248 e. The lowest BCUT2D eigenvalue weighted by molar-refractivity contribution is 0.261. The highest BCUT2D eigenvalue weighted by Crippen LogP contribution is 2.27. The minimum Gasteiger partial charge on any atom is -0.337 e. The molecule has 5 heteroatoms. The van der Waals surface area contributed by atoms with Gasteiger partial charge in [0.15, 0.2) is 0 Å². The van der Waals surface area contributed by atoms with Gasteiger partial charge in [-0.25, -0.2) is 0 Å². The third kappa shape index (κ3) is 2.50. The second-order valence-corrected chi connectivity index (χ2v) is 5.53. The molecule has 20 heavy (non-hydrogen) atoms. The maximum atomic E-state index is 5.47. The standard InChI is InChI=1S/C15H15N3OS/c1-18(2)13(11-6-4-3-5-7-11)15-16-14(17-19-15)12-8-9-20-10-12/h3-10,13H,1-2H3. The van der Waals surface area contributed by atoms with E-state index in [-0.39, 0.29) is 6.04 Å². The van der Waals surface area contributed by atoms with E-state index in [2.05, 4.69) is 27.2 Å². The van der Waals surface area contributed by atoms with Crippen molar-refractivity contribution in [2.24, 2.45) is 0 Å². The molecule has 0 bridgehead atoms. The number of nitrogens with zero attached hydrogens (tertiary/aromatic N) is 3. The summed E-state index contributed by atoms with van der Waals surface area (Å²) in [5.74, 6) is 1.26. The average Bonchev–Trinajstić information content (AvgIpc) is 3.10. The molecule has 0 aliphatic carbocycles. The van der Waals surface area contributed by atoms with Crippen LogP contribution in [0.4, 0.5) is 0 Å². The fourth-order valence-electron chi connectivity index (χ4n) is 2.15. The second-order valence-electron chi connectivity index (χ2n) is 4.75. The molecule has 3 aromatic rings. The minimum absolute atomic E-state index is 0.0314. The summed E-state index contributed by atoms with van der Waals surface area (Å²) in [6, 6.07) is 12.1. The predicted molar refractivity (Wildman–Crippen MR) is 79.6 cm³/mol. The van der Waals surface area contributed by atoms with Gasteiger partial charge in [-0.2, -0.15) is 16.3 Å². The first kappa shape index (κ1) is 13.0. The summed E-state index contributed by atoms with van der Waals surface area (Å²) in [4.78, 5) is 6.61. The summed E-state index contributed by atoms with van der Waals surface area (Å²) in [5.41, 5.74) is 2.13. The van der Waals surface area contributed by atoms with Crippen molar-refractivity contribution < 1.29 is 4.52 Å². The number of hydrogen-bond acceptors (Lipinski definition) is 5. The van der Waals surface area contributed by atoms with Crippen LogP contribution >= 0.6 is 11.3 Å². The van der Waals surface area contributed by atoms with E-state index in [1.165, 1.54) is 0 Å². The van der Waals surface area contributed by atoms with Crippen LogP contribution in [-0.2, 0) is 0 Å². The zero-order valence-corrected chi connectivity index (χ0v) is 12.2. The Labute approximate surface area is 121 Å². The van der Waals surface area contributed by atoms with Crippen LogP contribution in [0.2, 0.25) is 0 Å². The number of benzene rings is 1. The van der Waals surface area contributed by atoms with E-state index in [0.717, 1.165) is 11.1 Å². The van der Waals surface area contributed by atoms with Crippen LogP contribution in [0, 0.1) is 0 Å². The Hall–Kier alpha value is -1.98. The molecule has 0 N–H and O–H groups in total. The molecule has 102 valence electrons. The minimum atomic E-state index is -0.0314. The zero-order valence-electron chi connectivity index (χ0n) is 11.4. The van der Waals surface area contributed by atoms with Crippen molar-refractivity contribution in [2.45, 2.75) is 6.04 Å². The van der Waals surface area contributed by atoms with E-state index < -0.39 is 0 Å². The topological polar surface area (TPSA) is 42.2 Å². The van der Waals surface area contributed by atoms with E-state index in [1.54, 1.807) is 11.3 Å². The molecule has 1 atom stereocenters. The lowest BCUT2D eigenvalue weighted by atomic mass is 10.1. The van der Waals surface area contributed by atoms with Crippen molar-refractivity contribution in [1.82, 2.24) is 15.0 Å². The van der Waals surface area contributed by atoms with Crippen molar-refractivity contribution in [3.63, 3.8) is 0 Å². The Bertz CT molecular complexity index is 662. The SMILES string of the molecule is CN(C)C(c1ccccc1)c1nc(-c2ccsc2)no1. The average molecular weight is 285 g/mol. The third-order valence-corrected chi connectivity index (χ3v) is 3.77. The van der Waals surface area contributed by atoms with Gasteiger partial charge in [0.1, 0.15) is 6.04 Å². The second kappa shape index (κ2) is 5.56. The Balaban J connectivity index is 1.97. The fourth-order valence-corrected chi connectivity index (χ4v) is 2.79. The number of aromatic nitrogens is 2. The molecule has 0 aliphatic heterocycles. The molecule has 0 radical (unpaired) electrons. The molecule has 0 spiro atoms. The van der Waals surface area contributed by atoms with Crippen LogP contribution in [0.25, 0.3) is 11.4 Å². The van der Waals surface area contributed by atoms with Gasteiger partial charge in [-0.3, -0.25) is 4.90 Å². The highest BCUT2D eigenvalue weighted by molar-refractivity contribution is 7.08. The first-order valence-corrected chi connectivity index (χ1v) is 7.27. The Morgan fingerprint density at radius 3 is 2.60 bits per heavy atom. The molecule has 1 aromatic carbocycles. The highest BCUT2D eigenvalue weighted by atomic mass is 32.1. The van der Waals surface area contributed by atoms with Gasteiger partial charge in [-0.05, 0) is 31.1 Å². The number of hydrogen-bond donors (Lipinski definition) is 0. The van der Waals surface area contributed by atoms with Gasteiger partial charge in [0.05, 0.1) is 0 Å². The van der Waals surface area contributed by atoms with Crippen molar-refractivity contribution in [3.05, 3.63) is 58.6 Å². The molecule has 2 aromatic heterocycles. The molecule has 0 fully saturated rings. The third-order valence-electron chi connectivity index (χ3n) is 3.09.